The van der Waals surface area contributed by atoms with Crippen molar-refractivity contribution in [3.63, 3.8) is 0 Å². The SMILES string of the molecule is O=S(=O)(c1cc2ccccc2s1)N1CCC2(CC1)OCCN2S(=O)(=O)c1cc2ccccc2s1. The highest BCUT2D eigenvalue weighted by molar-refractivity contribution is 7.91. The minimum absolute atomic E-state index is 0.203. The number of sulfonamides is 2. The first-order valence-corrected chi connectivity index (χ1v) is 15.5. The number of benzene rings is 2. The lowest BCUT2D eigenvalue weighted by Crippen LogP contribution is -2.55. The van der Waals surface area contributed by atoms with Gasteiger partial charge in [0.05, 0.1) is 6.61 Å². The van der Waals surface area contributed by atoms with Crippen molar-refractivity contribution >= 4 is 62.9 Å². The number of hydrogen-bond donors (Lipinski definition) is 0. The summed E-state index contributed by atoms with van der Waals surface area (Å²) in [4.78, 5) is 0. The van der Waals surface area contributed by atoms with Crippen molar-refractivity contribution in [3.8, 4) is 0 Å². The van der Waals surface area contributed by atoms with Crippen LogP contribution in [0.15, 0.2) is 69.1 Å². The number of ether oxygens (including phenoxy) is 1. The molecule has 1 spiro atoms. The third-order valence-corrected chi connectivity index (χ3v) is 13.5. The maximum absolute atomic E-state index is 13.6. The predicted octanol–water partition coefficient (Wildman–Crippen LogP) is 4.32. The zero-order valence-corrected chi connectivity index (χ0v) is 21.4. The highest BCUT2D eigenvalue weighted by atomic mass is 32.3. The van der Waals surface area contributed by atoms with E-state index in [1.54, 1.807) is 12.1 Å². The van der Waals surface area contributed by atoms with Crippen LogP contribution in [0.5, 0.6) is 0 Å². The Labute approximate surface area is 206 Å². The molecule has 2 aliphatic rings. The Morgan fingerprint density at radius 1 is 0.735 bits per heavy atom. The predicted molar refractivity (Wildman–Crippen MR) is 134 cm³/mol. The van der Waals surface area contributed by atoms with E-state index in [1.165, 1.54) is 31.3 Å². The Balaban J connectivity index is 1.26. The number of thiophene rings is 2. The van der Waals surface area contributed by atoms with Crippen molar-refractivity contribution < 1.29 is 21.6 Å². The molecule has 0 N–H and O–H groups in total. The number of fused-ring (bicyclic) bond motifs is 2. The van der Waals surface area contributed by atoms with E-state index in [0.717, 1.165) is 20.2 Å². The summed E-state index contributed by atoms with van der Waals surface area (Å²) >= 11 is 2.51. The van der Waals surface area contributed by atoms with Crippen LogP contribution in [-0.2, 0) is 24.8 Å². The standard InChI is InChI=1S/C23H22N2O5S4/c26-33(27,21-15-17-5-1-3-7-19(17)31-21)24-11-9-23(10-12-24)25(13-14-30-23)34(28,29)22-16-18-6-2-4-8-20(18)32-22/h1-8,15-16H,9-14H2. The van der Waals surface area contributed by atoms with Gasteiger partial charge in [-0.05, 0) is 35.0 Å². The van der Waals surface area contributed by atoms with Gasteiger partial charge in [0, 0.05) is 41.9 Å². The van der Waals surface area contributed by atoms with Gasteiger partial charge in [-0.15, -0.1) is 22.7 Å². The Morgan fingerprint density at radius 3 is 1.82 bits per heavy atom. The molecule has 4 heterocycles. The van der Waals surface area contributed by atoms with Crippen LogP contribution in [0.3, 0.4) is 0 Å². The van der Waals surface area contributed by atoms with Gasteiger partial charge in [0.1, 0.15) is 14.1 Å². The summed E-state index contributed by atoms with van der Waals surface area (Å²) in [5, 5.41) is 1.80. The van der Waals surface area contributed by atoms with Gasteiger partial charge < -0.3 is 4.74 Å². The minimum Gasteiger partial charge on any atom is -0.358 e. The second-order valence-electron chi connectivity index (χ2n) is 8.48. The van der Waals surface area contributed by atoms with E-state index in [2.05, 4.69) is 0 Å². The van der Waals surface area contributed by atoms with Crippen molar-refractivity contribution in [1.29, 1.82) is 0 Å². The van der Waals surface area contributed by atoms with E-state index in [4.69, 9.17) is 4.74 Å². The molecule has 6 rings (SSSR count). The van der Waals surface area contributed by atoms with Crippen LogP contribution < -0.4 is 0 Å². The molecule has 11 heteroatoms. The molecule has 0 saturated carbocycles. The van der Waals surface area contributed by atoms with Crippen molar-refractivity contribution in [2.45, 2.75) is 27.0 Å². The number of nitrogens with zero attached hydrogens (tertiary/aromatic N) is 2. The lowest BCUT2D eigenvalue weighted by Gasteiger charge is -2.42. The van der Waals surface area contributed by atoms with Crippen LogP contribution in [0.25, 0.3) is 20.2 Å². The second kappa shape index (κ2) is 8.09. The lowest BCUT2D eigenvalue weighted by atomic mass is 10.0. The van der Waals surface area contributed by atoms with Crippen molar-refractivity contribution in [3.05, 3.63) is 60.7 Å². The molecule has 2 aromatic heterocycles. The zero-order chi connectivity index (χ0) is 23.6. The summed E-state index contributed by atoms with van der Waals surface area (Å²) in [5.74, 6) is 0. The second-order valence-corrected chi connectivity index (χ2v) is 14.9. The average molecular weight is 535 g/mol. The van der Waals surface area contributed by atoms with E-state index in [0.29, 0.717) is 27.9 Å². The van der Waals surface area contributed by atoms with Crippen LogP contribution in [0.1, 0.15) is 12.8 Å². The fourth-order valence-corrected chi connectivity index (χ4v) is 11.0. The fraction of sp³-hybridized carbons (Fsp3) is 0.304. The molecule has 34 heavy (non-hydrogen) atoms. The summed E-state index contributed by atoms with van der Waals surface area (Å²) in [6.07, 6.45) is 0.586. The van der Waals surface area contributed by atoms with Crippen molar-refractivity contribution in [2.24, 2.45) is 0 Å². The minimum atomic E-state index is -3.77. The molecule has 0 atom stereocenters. The molecule has 178 valence electrons. The maximum Gasteiger partial charge on any atom is 0.255 e. The van der Waals surface area contributed by atoms with Gasteiger partial charge in [0.2, 0.25) is 0 Å². The summed E-state index contributed by atoms with van der Waals surface area (Å²) in [6, 6.07) is 18.6. The van der Waals surface area contributed by atoms with Gasteiger partial charge in [-0.2, -0.15) is 8.61 Å². The number of piperidine rings is 1. The molecule has 2 aliphatic heterocycles. The van der Waals surface area contributed by atoms with E-state index in [1.807, 2.05) is 48.5 Å². The Morgan fingerprint density at radius 2 is 1.26 bits per heavy atom. The number of rotatable bonds is 4. The third-order valence-electron chi connectivity index (χ3n) is 6.57. The Bertz CT molecular complexity index is 1530. The van der Waals surface area contributed by atoms with Gasteiger partial charge in [-0.3, -0.25) is 0 Å². The van der Waals surface area contributed by atoms with Crippen LogP contribution in [0, 0.1) is 0 Å². The van der Waals surface area contributed by atoms with E-state index in [-0.39, 0.29) is 19.6 Å². The lowest BCUT2D eigenvalue weighted by molar-refractivity contribution is -0.0805. The van der Waals surface area contributed by atoms with Gasteiger partial charge in [0.15, 0.2) is 0 Å². The summed E-state index contributed by atoms with van der Waals surface area (Å²) < 4.78 is 65.2. The topological polar surface area (TPSA) is 84.0 Å². The Hall–Kier alpha value is -1.86. The highest BCUT2D eigenvalue weighted by Crippen LogP contribution is 2.42. The van der Waals surface area contributed by atoms with Crippen LogP contribution >= 0.6 is 22.7 Å². The first kappa shape index (κ1) is 22.6. The summed E-state index contributed by atoms with van der Waals surface area (Å²) in [6.45, 7) is 0.969. The molecule has 7 nitrogen and oxygen atoms in total. The first-order valence-electron chi connectivity index (χ1n) is 10.9. The first-order chi connectivity index (χ1) is 16.3. The van der Waals surface area contributed by atoms with E-state index < -0.39 is 25.8 Å². The molecule has 0 bridgehead atoms. The normalized spacial score (nSPS) is 20.0. The molecule has 0 aliphatic carbocycles. The van der Waals surface area contributed by atoms with Crippen LogP contribution in [0.4, 0.5) is 0 Å². The molecule has 4 aromatic rings. The van der Waals surface area contributed by atoms with Gasteiger partial charge >= 0.3 is 0 Å². The average Bonchev–Trinajstić information content (AvgIpc) is 3.56. The van der Waals surface area contributed by atoms with Crippen LogP contribution in [0.2, 0.25) is 0 Å². The molecule has 2 fully saturated rings. The number of hydrogen-bond acceptors (Lipinski definition) is 7. The molecule has 2 saturated heterocycles. The quantitative estimate of drug-likeness (QED) is 0.389. The highest BCUT2D eigenvalue weighted by Gasteiger charge is 2.52. The van der Waals surface area contributed by atoms with Crippen molar-refractivity contribution in [2.75, 3.05) is 26.2 Å². The smallest absolute Gasteiger partial charge is 0.255 e. The molecule has 0 unspecified atom stereocenters. The molecular weight excluding hydrogens is 513 g/mol. The molecular formula is C23H22N2O5S4. The van der Waals surface area contributed by atoms with Crippen molar-refractivity contribution in [1.82, 2.24) is 8.61 Å². The molecule has 0 amide bonds. The Kier molecular flexibility index (Phi) is 5.37. The monoisotopic (exact) mass is 534 g/mol. The largest absolute Gasteiger partial charge is 0.358 e. The summed E-state index contributed by atoms with van der Waals surface area (Å²) in [5.41, 5.74) is -1.01. The summed E-state index contributed by atoms with van der Waals surface area (Å²) in [7, 11) is -7.43. The molecule has 0 radical (unpaired) electrons. The van der Waals surface area contributed by atoms with E-state index >= 15 is 0 Å². The van der Waals surface area contributed by atoms with Crippen LogP contribution in [-0.4, -0.2) is 57.4 Å². The van der Waals surface area contributed by atoms with Gasteiger partial charge in [0.25, 0.3) is 20.0 Å². The van der Waals surface area contributed by atoms with E-state index in [9.17, 15) is 16.8 Å². The maximum atomic E-state index is 13.6. The fourth-order valence-electron chi connectivity index (χ4n) is 4.81. The third kappa shape index (κ3) is 3.53. The van der Waals surface area contributed by atoms with Gasteiger partial charge in [-0.1, -0.05) is 36.4 Å². The van der Waals surface area contributed by atoms with Gasteiger partial charge in [-0.25, -0.2) is 16.8 Å². The molecule has 2 aromatic carbocycles. The zero-order valence-electron chi connectivity index (χ0n) is 18.1.